The fourth-order valence-electron chi connectivity index (χ4n) is 2.05. The van der Waals surface area contributed by atoms with Crippen molar-refractivity contribution < 1.29 is 9.53 Å². The molecule has 2 aromatic carbocycles. The van der Waals surface area contributed by atoms with Crippen LogP contribution in [-0.2, 0) is 11.2 Å². The van der Waals surface area contributed by atoms with Crippen molar-refractivity contribution in [1.29, 1.82) is 5.26 Å². The van der Waals surface area contributed by atoms with Gasteiger partial charge in [-0.2, -0.15) is 5.26 Å². The van der Waals surface area contributed by atoms with Crippen molar-refractivity contribution in [2.45, 2.75) is 6.42 Å². The summed E-state index contributed by atoms with van der Waals surface area (Å²) in [6, 6.07) is 16.8. The van der Waals surface area contributed by atoms with E-state index >= 15 is 0 Å². The molecule has 118 valence electrons. The number of hydrogen-bond donors (Lipinski definition) is 2. The van der Waals surface area contributed by atoms with Crippen LogP contribution in [0.5, 0.6) is 5.75 Å². The zero-order valence-electron chi connectivity index (χ0n) is 13.0. The van der Waals surface area contributed by atoms with Crippen LogP contribution in [0.1, 0.15) is 11.1 Å². The molecule has 0 spiro atoms. The first-order valence-corrected chi connectivity index (χ1v) is 7.35. The summed E-state index contributed by atoms with van der Waals surface area (Å²) in [7, 11) is 1.64. The van der Waals surface area contributed by atoms with Crippen molar-refractivity contribution in [3.8, 4) is 11.8 Å². The van der Waals surface area contributed by atoms with E-state index in [2.05, 4.69) is 16.7 Å². The Morgan fingerprint density at radius 2 is 1.83 bits per heavy atom. The zero-order chi connectivity index (χ0) is 16.5. The van der Waals surface area contributed by atoms with Crippen molar-refractivity contribution in [3.05, 3.63) is 59.7 Å². The third-order valence-electron chi connectivity index (χ3n) is 3.36. The van der Waals surface area contributed by atoms with E-state index < -0.39 is 0 Å². The molecular weight excluding hydrogens is 290 g/mol. The number of methoxy groups -OCH3 is 1. The molecule has 0 aliphatic heterocycles. The Kier molecular flexibility index (Phi) is 6.01. The number of rotatable bonds is 7. The maximum Gasteiger partial charge on any atom is 0.239 e. The van der Waals surface area contributed by atoms with Gasteiger partial charge in [-0.1, -0.05) is 12.1 Å². The van der Waals surface area contributed by atoms with Gasteiger partial charge < -0.3 is 15.4 Å². The molecule has 5 heteroatoms. The summed E-state index contributed by atoms with van der Waals surface area (Å²) in [5, 5.41) is 14.6. The van der Waals surface area contributed by atoms with Gasteiger partial charge >= 0.3 is 0 Å². The molecular formula is C18H19N3O2. The van der Waals surface area contributed by atoms with Gasteiger partial charge in [0, 0.05) is 12.2 Å². The van der Waals surface area contributed by atoms with Crippen molar-refractivity contribution >= 4 is 11.6 Å². The topological polar surface area (TPSA) is 74.2 Å². The number of anilines is 1. The normalized spacial score (nSPS) is 9.74. The first kappa shape index (κ1) is 16.4. The molecule has 0 heterocycles. The maximum atomic E-state index is 11.8. The fourth-order valence-corrected chi connectivity index (χ4v) is 2.05. The Hall–Kier alpha value is -3.00. The van der Waals surface area contributed by atoms with Crippen LogP contribution in [0.2, 0.25) is 0 Å². The molecule has 5 nitrogen and oxygen atoms in total. The molecule has 0 aliphatic rings. The van der Waals surface area contributed by atoms with E-state index in [4.69, 9.17) is 10.00 Å². The van der Waals surface area contributed by atoms with Crippen LogP contribution >= 0.6 is 0 Å². The number of carbonyl (C=O) groups excluding carboxylic acids is 1. The van der Waals surface area contributed by atoms with Crippen LogP contribution < -0.4 is 15.4 Å². The van der Waals surface area contributed by atoms with Crippen molar-refractivity contribution in [3.63, 3.8) is 0 Å². The van der Waals surface area contributed by atoms with Crippen molar-refractivity contribution in [2.75, 3.05) is 25.5 Å². The second-order valence-electron chi connectivity index (χ2n) is 4.99. The standard InChI is InChI=1S/C18H19N3O2/c1-23-17-8-4-14(5-9-17)10-11-20-18(22)13-21-16-6-2-15(12-19)3-7-16/h2-9,21H,10-11,13H2,1H3,(H,20,22). The van der Waals surface area contributed by atoms with E-state index in [1.807, 2.05) is 24.3 Å². The maximum absolute atomic E-state index is 11.8. The summed E-state index contributed by atoms with van der Waals surface area (Å²) in [5.41, 5.74) is 2.56. The molecule has 0 aliphatic carbocycles. The summed E-state index contributed by atoms with van der Waals surface area (Å²) in [6.45, 7) is 0.786. The van der Waals surface area contributed by atoms with E-state index in [-0.39, 0.29) is 12.5 Å². The Balaban J connectivity index is 1.69. The number of ether oxygens (including phenoxy) is 1. The third kappa shape index (κ3) is 5.36. The molecule has 0 saturated heterocycles. The number of nitrogens with one attached hydrogen (secondary N) is 2. The van der Waals surface area contributed by atoms with E-state index in [1.54, 1.807) is 31.4 Å². The summed E-state index contributed by atoms with van der Waals surface area (Å²) < 4.78 is 5.10. The van der Waals surface area contributed by atoms with Gasteiger partial charge in [0.05, 0.1) is 25.3 Å². The molecule has 0 fully saturated rings. The van der Waals surface area contributed by atoms with E-state index in [9.17, 15) is 4.79 Å². The molecule has 0 bridgehead atoms. The van der Waals surface area contributed by atoms with E-state index in [1.165, 1.54) is 0 Å². The summed E-state index contributed by atoms with van der Waals surface area (Å²) >= 11 is 0. The Labute approximate surface area is 135 Å². The number of benzene rings is 2. The lowest BCUT2D eigenvalue weighted by Crippen LogP contribution is -2.31. The zero-order valence-corrected chi connectivity index (χ0v) is 13.0. The van der Waals surface area contributed by atoms with Gasteiger partial charge in [0.15, 0.2) is 0 Å². The van der Waals surface area contributed by atoms with Gasteiger partial charge in [-0.15, -0.1) is 0 Å². The molecule has 2 N–H and O–H groups in total. The molecule has 1 amide bonds. The monoisotopic (exact) mass is 309 g/mol. The number of hydrogen-bond acceptors (Lipinski definition) is 4. The summed E-state index contributed by atoms with van der Waals surface area (Å²) in [4.78, 5) is 11.8. The SMILES string of the molecule is COc1ccc(CCNC(=O)CNc2ccc(C#N)cc2)cc1. The van der Waals surface area contributed by atoms with E-state index in [0.29, 0.717) is 12.1 Å². The highest BCUT2D eigenvalue weighted by Gasteiger charge is 2.01. The van der Waals surface area contributed by atoms with Crippen LogP contribution in [0.25, 0.3) is 0 Å². The van der Waals surface area contributed by atoms with Gasteiger partial charge in [0.25, 0.3) is 0 Å². The van der Waals surface area contributed by atoms with Gasteiger partial charge in [-0.3, -0.25) is 4.79 Å². The molecule has 0 aromatic heterocycles. The fraction of sp³-hybridized carbons (Fsp3) is 0.222. The highest BCUT2D eigenvalue weighted by Crippen LogP contribution is 2.11. The van der Waals surface area contributed by atoms with Crippen LogP contribution in [-0.4, -0.2) is 26.1 Å². The van der Waals surface area contributed by atoms with Gasteiger partial charge in [0.1, 0.15) is 5.75 Å². The van der Waals surface area contributed by atoms with Crippen LogP contribution in [0.3, 0.4) is 0 Å². The average Bonchev–Trinajstić information content (AvgIpc) is 2.61. The number of nitrogens with zero attached hydrogens (tertiary/aromatic N) is 1. The lowest BCUT2D eigenvalue weighted by atomic mass is 10.1. The highest BCUT2D eigenvalue weighted by molar-refractivity contribution is 5.80. The minimum atomic E-state index is -0.0668. The predicted octanol–water partition coefficient (Wildman–Crippen LogP) is 2.34. The van der Waals surface area contributed by atoms with Crippen LogP contribution in [0.15, 0.2) is 48.5 Å². The number of carbonyl (C=O) groups is 1. The molecule has 0 atom stereocenters. The Bertz CT molecular complexity index is 673. The minimum Gasteiger partial charge on any atom is -0.497 e. The third-order valence-corrected chi connectivity index (χ3v) is 3.36. The number of nitriles is 1. The molecule has 2 rings (SSSR count). The molecule has 0 radical (unpaired) electrons. The molecule has 0 unspecified atom stereocenters. The van der Waals surface area contributed by atoms with E-state index in [0.717, 1.165) is 23.4 Å². The minimum absolute atomic E-state index is 0.0668. The molecule has 2 aromatic rings. The summed E-state index contributed by atoms with van der Waals surface area (Å²) in [5.74, 6) is 0.757. The first-order chi connectivity index (χ1) is 11.2. The van der Waals surface area contributed by atoms with Crippen LogP contribution in [0.4, 0.5) is 5.69 Å². The van der Waals surface area contributed by atoms with Crippen molar-refractivity contribution in [1.82, 2.24) is 5.32 Å². The number of amides is 1. The second-order valence-corrected chi connectivity index (χ2v) is 4.99. The highest BCUT2D eigenvalue weighted by atomic mass is 16.5. The first-order valence-electron chi connectivity index (χ1n) is 7.35. The van der Waals surface area contributed by atoms with Gasteiger partial charge in [-0.05, 0) is 48.4 Å². The van der Waals surface area contributed by atoms with Crippen LogP contribution in [0, 0.1) is 11.3 Å². The largest absolute Gasteiger partial charge is 0.497 e. The Morgan fingerprint density at radius 3 is 2.43 bits per heavy atom. The van der Waals surface area contributed by atoms with Gasteiger partial charge in [0.2, 0.25) is 5.91 Å². The quantitative estimate of drug-likeness (QED) is 0.823. The lowest BCUT2D eigenvalue weighted by molar-refractivity contribution is -0.119. The second kappa shape index (κ2) is 8.44. The van der Waals surface area contributed by atoms with Gasteiger partial charge in [-0.25, -0.2) is 0 Å². The summed E-state index contributed by atoms with van der Waals surface area (Å²) in [6.07, 6.45) is 0.770. The average molecular weight is 309 g/mol. The lowest BCUT2D eigenvalue weighted by Gasteiger charge is -2.08. The smallest absolute Gasteiger partial charge is 0.239 e. The van der Waals surface area contributed by atoms with Crippen molar-refractivity contribution in [2.24, 2.45) is 0 Å². The predicted molar refractivity (Wildman–Crippen MR) is 89.4 cm³/mol. The Morgan fingerprint density at radius 1 is 1.13 bits per heavy atom. The molecule has 0 saturated carbocycles. The molecule has 23 heavy (non-hydrogen) atoms.